The Hall–Kier alpha value is -3.28. The van der Waals surface area contributed by atoms with Gasteiger partial charge in [-0.1, -0.05) is 6.07 Å². The summed E-state index contributed by atoms with van der Waals surface area (Å²) in [5.74, 6) is 3.41. The molecule has 0 saturated heterocycles. The van der Waals surface area contributed by atoms with Crippen LogP contribution in [0.25, 0.3) is 10.9 Å². The Labute approximate surface area is 145 Å². The predicted octanol–water partition coefficient (Wildman–Crippen LogP) is 4.52. The lowest BCUT2D eigenvalue weighted by molar-refractivity contribution is 0.490. The maximum atomic E-state index is 5.57. The van der Waals surface area contributed by atoms with Gasteiger partial charge in [0.1, 0.15) is 17.3 Å². The summed E-state index contributed by atoms with van der Waals surface area (Å²) in [7, 11) is 0. The number of anilines is 3. The van der Waals surface area contributed by atoms with Crippen LogP contribution in [0.2, 0.25) is 0 Å². The van der Waals surface area contributed by atoms with E-state index in [1.54, 1.807) is 0 Å². The maximum absolute atomic E-state index is 5.57. The number of hydrogen-bond donors (Lipinski definition) is 3. The minimum Gasteiger partial charge on any atom is -0.465 e. The highest BCUT2D eigenvalue weighted by atomic mass is 16.3. The van der Waals surface area contributed by atoms with Crippen molar-refractivity contribution >= 4 is 28.2 Å². The summed E-state index contributed by atoms with van der Waals surface area (Å²) in [5, 5.41) is 14.8. The normalized spacial score (nSPS) is 11.0. The molecular weight excluding hydrogens is 314 g/mol. The number of hydrogen-bond acceptors (Lipinski definition) is 5. The van der Waals surface area contributed by atoms with E-state index >= 15 is 0 Å². The minimum atomic E-state index is 0.608. The smallest absolute Gasteiger partial charge is 0.152 e. The summed E-state index contributed by atoms with van der Waals surface area (Å²) < 4.78 is 5.57. The summed E-state index contributed by atoms with van der Waals surface area (Å²) in [6, 6.07) is 15.9. The van der Waals surface area contributed by atoms with Crippen molar-refractivity contribution in [2.45, 2.75) is 20.4 Å². The zero-order valence-corrected chi connectivity index (χ0v) is 14.1. The van der Waals surface area contributed by atoms with Crippen molar-refractivity contribution < 1.29 is 4.42 Å². The highest BCUT2D eigenvalue weighted by Gasteiger charge is 2.06. The highest BCUT2D eigenvalue weighted by molar-refractivity contribution is 5.93. The van der Waals surface area contributed by atoms with Crippen LogP contribution in [0.3, 0.4) is 0 Å². The zero-order valence-electron chi connectivity index (χ0n) is 14.1. The van der Waals surface area contributed by atoms with Crippen molar-refractivity contribution in [1.82, 2.24) is 15.2 Å². The molecule has 3 N–H and O–H groups in total. The van der Waals surface area contributed by atoms with Crippen molar-refractivity contribution in [2.75, 3.05) is 10.6 Å². The fraction of sp³-hybridized carbons (Fsp3) is 0.158. The van der Waals surface area contributed by atoms with E-state index in [-0.39, 0.29) is 0 Å². The number of H-pyrrole nitrogens is 1. The molecule has 3 aromatic heterocycles. The van der Waals surface area contributed by atoms with Crippen molar-refractivity contribution in [3.63, 3.8) is 0 Å². The van der Waals surface area contributed by atoms with Crippen molar-refractivity contribution in [3.8, 4) is 0 Å². The number of nitrogens with one attached hydrogen (secondary N) is 3. The molecule has 0 spiro atoms. The van der Waals surface area contributed by atoms with Crippen molar-refractivity contribution in [1.29, 1.82) is 0 Å². The minimum absolute atomic E-state index is 0.608. The van der Waals surface area contributed by atoms with Gasteiger partial charge in [0.15, 0.2) is 5.82 Å². The highest BCUT2D eigenvalue weighted by Crippen LogP contribution is 2.26. The molecule has 4 rings (SSSR count). The van der Waals surface area contributed by atoms with Gasteiger partial charge in [0, 0.05) is 22.8 Å². The number of aromatic nitrogens is 3. The summed E-state index contributed by atoms with van der Waals surface area (Å²) in [5.41, 5.74) is 2.91. The average molecular weight is 333 g/mol. The SMILES string of the molecule is Cc1cc(Nc2cccc3nc(NCc4ccc(C)o4)ccc23)n[nH]1. The third kappa shape index (κ3) is 3.33. The third-order valence-corrected chi connectivity index (χ3v) is 3.94. The Kier molecular flexibility index (Phi) is 3.85. The topological polar surface area (TPSA) is 78.8 Å². The molecule has 25 heavy (non-hydrogen) atoms. The maximum Gasteiger partial charge on any atom is 0.152 e. The number of benzene rings is 1. The van der Waals surface area contributed by atoms with Crippen LogP contribution in [0.1, 0.15) is 17.2 Å². The molecule has 4 aromatic rings. The number of furan rings is 1. The Balaban J connectivity index is 1.56. The number of aromatic amines is 1. The first-order chi connectivity index (χ1) is 12.2. The molecule has 6 heteroatoms. The van der Waals surface area contributed by atoms with Gasteiger partial charge in [0.05, 0.1) is 12.1 Å². The molecule has 0 fully saturated rings. The fourth-order valence-electron chi connectivity index (χ4n) is 2.74. The monoisotopic (exact) mass is 333 g/mol. The van der Waals surface area contributed by atoms with Gasteiger partial charge in [-0.2, -0.15) is 5.10 Å². The third-order valence-electron chi connectivity index (χ3n) is 3.94. The van der Waals surface area contributed by atoms with Gasteiger partial charge >= 0.3 is 0 Å². The Morgan fingerprint density at radius 1 is 1.04 bits per heavy atom. The number of nitrogens with zero attached hydrogens (tertiary/aromatic N) is 2. The van der Waals surface area contributed by atoms with Gasteiger partial charge in [-0.25, -0.2) is 4.98 Å². The van der Waals surface area contributed by atoms with Gasteiger partial charge in [-0.15, -0.1) is 0 Å². The second kappa shape index (κ2) is 6.32. The quantitative estimate of drug-likeness (QED) is 0.500. The van der Waals surface area contributed by atoms with E-state index in [1.165, 1.54) is 0 Å². The molecule has 3 heterocycles. The van der Waals surface area contributed by atoms with Gasteiger partial charge in [-0.05, 0) is 50.2 Å². The van der Waals surface area contributed by atoms with E-state index in [0.717, 1.165) is 45.4 Å². The van der Waals surface area contributed by atoms with Gasteiger partial charge in [0.2, 0.25) is 0 Å². The summed E-state index contributed by atoms with van der Waals surface area (Å²) in [4.78, 5) is 4.68. The molecule has 0 atom stereocenters. The number of fused-ring (bicyclic) bond motifs is 1. The first-order valence-electron chi connectivity index (χ1n) is 8.15. The molecule has 1 aromatic carbocycles. The molecular formula is C19H19N5O. The zero-order chi connectivity index (χ0) is 17.2. The number of pyridine rings is 1. The van der Waals surface area contributed by atoms with Gasteiger partial charge < -0.3 is 15.1 Å². The summed E-state index contributed by atoms with van der Waals surface area (Å²) >= 11 is 0. The van der Waals surface area contributed by atoms with E-state index in [1.807, 2.05) is 56.3 Å². The van der Waals surface area contributed by atoms with Crippen molar-refractivity contribution in [2.24, 2.45) is 0 Å². The Bertz CT molecular complexity index is 1020. The lowest BCUT2D eigenvalue weighted by atomic mass is 10.1. The van der Waals surface area contributed by atoms with E-state index in [4.69, 9.17) is 4.42 Å². The summed E-state index contributed by atoms with van der Waals surface area (Å²) in [6.07, 6.45) is 0. The molecule has 0 saturated carbocycles. The first kappa shape index (κ1) is 15.3. The van der Waals surface area contributed by atoms with Crippen LogP contribution in [0.5, 0.6) is 0 Å². The molecule has 0 aliphatic rings. The van der Waals surface area contributed by atoms with Crippen LogP contribution in [-0.4, -0.2) is 15.2 Å². The van der Waals surface area contributed by atoms with E-state index in [2.05, 4.69) is 31.9 Å². The van der Waals surface area contributed by atoms with Gasteiger partial charge in [-0.3, -0.25) is 5.10 Å². The fourth-order valence-corrected chi connectivity index (χ4v) is 2.74. The van der Waals surface area contributed by atoms with E-state index in [9.17, 15) is 0 Å². The Morgan fingerprint density at radius 3 is 2.72 bits per heavy atom. The molecule has 126 valence electrons. The molecule has 0 amide bonds. The molecule has 0 bridgehead atoms. The number of rotatable bonds is 5. The molecule has 6 nitrogen and oxygen atoms in total. The second-order valence-corrected chi connectivity index (χ2v) is 6.00. The Morgan fingerprint density at radius 2 is 1.96 bits per heavy atom. The van der Waals surface area contributed by atoms with E-state index in [0.29, 0.717) is 6.54 Å². The largest absolute Gasteiger partial charge is 0.465 e. The average Bonchev–Trinajstić information content (AvgIpc) is 3.21. The molecule has 0 aliphatic heterocycles. The lowest BCUT2D eigenvalue weighted by Crippen LogP contribution is -2.01. The second-order valence-electron chi connectivity index (χ2n) is 6.00. The van der Waals surface area contributed by atoms with Crippen LogP contribution in [0.4, 0.5) is 17.3 Å². The first-order valence-corrected chi connectivity index (χ1v) is 8.15. The lowest BCUT2D eigenvalue weighted by Gasteiger charge is -2.09. The van der Waals surface area contributed by atoms with Crippen LogP contribution in [0.15, 0.2) is 52.9 Å². The van der Waals surface area contributed by atoms with Crippen molar-refractivity contribution in [3.05, 3.63) is 65.7 Å². The standard InChI is InChI=1S/C19H19N5O/c1-12-10-19(24-23-12)22-17-5-3-4-16-15(17)8-9-18(21-16)20-11-14-7-6-13(2)25-14/h3-10H,11H2,1-2H3,(H,20,21)(H2,22,23,24). The predicted molar refractivity (Wildman–Crippen MR) is 99.1 cm³/mol. The van der Waals surface area contributed by atoms with E-state index < -0.39 is 0 Å². The van der Waals surface area contributed by atoms with Crippen LogP contribution < -0.4 is 10.6 Å². The molecule has 0 unspecified atom stereocenters. The number of aryl methyl sites for hydroxylation is 2. The molecule has 0 aliphatic carbocycles. The van der Waals surface area contributed by atoms with Crippen LogP contribution in [-0.2, 0) is 6.54 Å². The van der Waals surface area contributed by atoms with Crippen LogP contribution >= 0.6 is 0 Å². The van der Waals surface area contributed by atoms with Crippen LogP contribution in [0, 0.1) is 13.8 Å². The van der Waals surface area contributed by atoms with Gasteiger partial charge in [0.25, 0.3) is 0 Å². The summed E-state index contributed by atoms with van der Waals surface area (Å²) in [6.45, 7) is 4.52. The molecule has 0 radical (unpaired) electrons.